The minimum Gasteiger partial charge on any atom is -0.345 e. The van der Waals surface area contributed by atoms with Crippen LogP contribution in [0.1, 0.15) is 10.4 Å². The highest BCUT2D eigenvalue weighted by atomic mass is 16.2. The van der Waals surface area contributed by atoms with Crippen molar-refractivity contribution in [2.45, 2.75) is 0 Å². The van der Waals surface area contributed by atoms with Crippen LogP contribution in [-0.4, -0.2) is 39.9 Å². The topological polar surface area (TPSA) is 59.0 Å². The Kier molecular flexibility index (Phi) is 4.34. The Morgan fingerprint density at radius 1 is 0.815 bits per heavy atom. The van der Waals surface area contributed by atoms with Gasteiger partial charge in [0, 0.05) is 67.2 Å². The molecule has 0 atom stereocenters. The zero-order chi connectivity index (χ0) is 18.8. The molecule has 5 nitrogen and oxygen atoms in total. The van der Waals surface area contributed by atoms with Crippen molar-refractivity contribution in [2.75, 3.05) is 14.1 Å². The van der Waals surface area contributed by atoms with E-state index in [1.165, 1.54) is 0 Å². The predicted molar refractivity (Wildman–Crippen MR) is 106 cm³/mol. The van der Waals surface area contributed by atoms with Crippen LogP contribution in [0.5, 0.6) is 0 Å². The van der Waals surface area contributed by atoms with Crippen molar-refractivity contribution in [2.24, 2.45) is 0 Å². The molecule has 0 bridgehead atoms. The SMILES string of the molecule is CN(C)C(=O)c1ccc(-c2cncc(-c3ccnc4ccncc34)c2)cc1. The number of aromatic nitrogens is 3. The molecule has 3 aromatic heterocycles. The van der Waals surface area contributed by atoms with Crippen LogP contribution in [-0.2, 0) is 0 Å². The zero-order valence-electron chi connectivity index (χ0n) is 15.1. The van der Waals surface area contributed by atoms with Gasteiger partial charge in [0.2, 0.25) is 0 Å². The highest BCUT2D eigenvalue weighted by Crippen LogP contribution is 2.29. The summed E-state index contributed by atoms with van der Waals surface area (Å²) in [7, 11) is 3.50. The van der Waals surface area contributed by atoms with Gasteiger partial charge in [0.15, 0.2) is 0 Å². The van der Waals surface area contributed by atoms with Crippen molar-refractivity contribution in [3.63, 3.8) is 0 Å². The summed E-state index contributed by atoms with van der Waals surface area (Å²) in [4.78, 5) is 26.7. The van der Waals surface area contributed by atoms with Gasteiger partial charge in [-0.05, 0) is 41.5 Å². The van der Waals surface area contributed by atoms with Gasteiger partial charge < -0.3 is 4.90 Å². The van der Waals surface area contributed by atoms with Crippen LogP contribution in [0.3, 0.4) is 0 Å². The van der Waals surface area contributed by atoms with Gasteiger partial charge >= 0.3 is 0 Å². The van der Waals surface area contributed by atoms with Crippen molar-refractivity contribution >= 4 is 16.8 Å². The fourth-order valence-electron chi connectivity index (χ4n) is 3.05. The molecule has 0 saturated heterocycles. The van der Waals surface area contributed by atoms with Crippen LogP contribution in [0.4, 0.5) is 0 Å². The Hall–Kier alpha value is -3.60. The summed E-state index contributed by atoms with van der Waals surface area (Å²) >= 11 is 0. The molecule has 4 aromatic rings. The van der Waals surface area contributed by atoms with Gasteiger partial charge in [-0.25, -0.2) is 0 Å². The van der Waals surface area contributed by atoms with E-state index in [1.54, 1.807) is 31.4 Å². The normalized spacial score (nSPS) is 10.7. The fourth-order valence-corrected chi connectivity index (χ4v) is 3.05. The molecular formula is C22H18N4O. The maximum atomic E-state index is 12.1. The van der Waals surface area contributed by atoms with E-state index >= 15 is 0 Å². The molecule has 0 saturated carbocycles. The second-order valence-corrected chi connectivity index (χ2v) is 6.49. The van der Waals surface area contributed by atoms with E-state index in [0.717, 1.165) is 33.2 Å². The lowest BCUT2D eigenvalue weighted by atomic mass is 9.99. The molecule has 0 aliphatic heterocycles. The number of carbonyl (C=O) groups is 1. The zero-order valence-corrected chi connectivity index (χ0v) is 15.1. The molecule has 0 radical (unpaired) electrons. The molecule has 1 aromatic carbocycles. The Balaban J connectivity index is 1.74. The van der Waals surface area contributed by atoms with Gasteiger partial charge in [-0.3, -0.25) is 19.7 Å². The molecule has 5 heteroatoms. The maximum absolute atomic E-state index is 12.1. The number of pyridine rings is 3. The molecular weight excluding hydrogens is 336 g/mol. The number of hydrogen-bond donors (Lipinski definition) is 0. The third-order valence-corrected chi connectivity index (χ3v) is 4.46. The Bertz CT molecular complexity index is 1120. The monoisotopic (exact) mass is 354 g/mol. The van der Waals surface area contributed by atoms with Crippen molar-refractivity contribution < 1.29 is 4.79 Å². The number of carbonyl (C=O) groups excluding carboxylic acids is 1. The van der Waals surface area contributed by atoms with Crippen LogP contribution in [0.15, 0.2) is 73.4 Å². The lowest BCUT2D eigenvalue weighted by molar-refractivity contribution is 0.0827. The average Bonchev–Trinajstić information content (AvgIpc) is 2.73. The number of amides is 1. The highest BCUT2D eigenvalue weighted by Gasteiger charge is 2.10. The van der Waals surface area contributed by atoms with Gasteiger partial charge in [0.25, 0.3) is 5.91 Å². The number of fused-ring (bicyclic) bond motifs is 1. The van der Waals surface area contributed by atoms with Crippen LogP contribution in [0.2, 0.25) is 0 Å². The van der Waals surface area contributed by atoms with Gasteiger partial charge in [-0.2, -0.15) is 0 Å². The summed E-state index contributed by atoms with van der Waals surface area (Å²) in [6.07, 6.45) is 9.03. The summed E-state index contributed by atoms with van der Waals surface area (Å²) in [6, 6.07) is 13.6. The van der Waals surface area contributed by atoms with Crippen molar-refractivity contribution in [3.05, 3.63) is 79.0 Å². The van der Waals surface area contributed by atoms with Gasteiger partial charge in [-0.15, -0.1) is 0 Å². The van der Waals surface area contributed by atoms with E-state index in [4.69, 9.17) is 0 Å². The van der Waals surface area contributed by atoms with Gasteiger partial charge in [-0.1, -0.05) is 12.1 Å². The van der Waals surface area contributed by atoms with E-state index in [-0.39, 0.29) is 5.91 Å². The molecule has 0 aliphatic carbocycles. The smallest absolute Gasteiger partial charge is 0.253 e. The lowest BCUT2D eigenvalue weighted by Crippen LogP contribution is -2.21. The van der Waals surface area contributed by atoms with Crippen LogP contribution < -0.4 is 0 Å². The first-order chi connectivity index (χ1) is 13.1. The van der Waals surface area contributed by atoms with E-state index in [0.29, 0.717) is 5.56 Å². The number of benzene rings is 1. The first kappa shape index (κ1) is 16.8. The van der Waals surface area contributed by atoms with Crippen LogP contribution >= 0.6 is 0 Å². The number of rotatable bonds is 3. The molecule has 0 N–H and O–H groups in total. The molecule has 0 aliphatic rings. The largest absolute Gasteiger partial charge is 0.345 e. The Morgan fingerprint density at radius 2 is 1.59 bits per heavy atom. The Morgan fingerprint density at radius 3 is 2.37 bits per heavy atom. The van der Waals surface area contributed by atoms with Gasteiger partial charge in [0.05, 0.1) is 5.52 Å². The minimum absolute atomic E-state index is 0.0100. The maximum Gasteiger partial charge on any atom is 0.253 e. The van der Waals surface area contributed by atoms with Crippen molar-refractivity contribution in [3.8, 4) is 22.3 Å². The summed E-state index contributed by atoms with van der Waals surface area (Å²) in [5.41, 5.74) is 5.61. The predicted octanol–water partition coefficient (Wildman–Crippen LogP) is 4.06. The standard InChI is InChI=1S/C22H18N4O/c1-26(2)22(27)16-5-3-15(4-6-16)17-11-18(13-24-12-17)19-7-10-25-21-8-9-23-14-20(19)21/h3-14H,1-2H3. The first-order valence-electron chi connectivity index (χ1n) is 8.60. The van der Waals surface area contributed by atoms with Crippen LogP contribution in [0.25, 0.3) is 33.2 Å². The highest BCUT2D eigenvalue weighted by molar-refractivity contribution is 5.95. The average molecular weight is 354 g/mol. The van der Waals surface area contributed by atoms with Crippen molar-refractivity contribution in [1.29, 1.82) is 0 Å². The van der Waals surface area contributed by atoms with E-state index in [1.807, 2.05) is 55.0 Å². The number of hydrogen-bond acceptors (Lipinski definition) is 4. The summed E-state index contributed by atoms with van der Waals surface area (Å²) in [6.45, 7) is 0. The summed E-state index contributed by atoms with van der Waals surface area (Å²) < 4.78 is 0. The minimum atomic E-state index is -0.0100. The third-order valence-electron chi connectivity index (χ3n) is 4.46. The lowest BCUT2D eigenvalue weighted by Gasteiger charge is -2.11. The quantitative estimate of drug-likeness (QED) is 0.557. The molecule has 0 fully saturated rings. The van der Waals surface area contributed by atoms with Crippen LogP contribution in [0, 0.1) is 0 Å². The molecule has 4 rings (SSSR count). The fraction of sp³-hybridized carbons (Fsp3) is 0.0909. The summed E-state index contributed by atoms with van der Waals surface area (Å²) in [5, 5.41) is 0.992. The van der Waals surface area contributed by atoms with E-state index in [9.17, 15) is 4.79 Å². The van der Waals surface area contributed by atoms with Crippen molar-refractivity contribution in [1.82, 2.24) is 19.9 Å². The Labute approximate surface area is 157 Å². The number of nitrogens with zero attached hydrogens (tertiary/aromatic N) is 4. The van der Waals surface area contributed by atoms with Gasteiger partial charge in [0.1, 0.15) is 0 Å². The molecule has 0 unspecified atom stereocenters. The second kappa shape index (κ2) is 6.96. The van der Waals surface area contributed by atoms with E-state index < -0.39 is 0 Å². The molecule has 132 valence electrons. The van der Waals surface area contributed by atoms with E-state index in [2.05, 4.69) is 21.0 Å². The first-order valence-corrected chi connectivity index (χ1v) is 8.60. The molecule has 3 heterocycles. The summed E-state index contributed by atoms with van der Waals surface area (Å²) in [5.74, 6) is -0.0100. The molecule has 27 heavy (non-hydrogen) atoms. The molecule has 0 spiro atoms. The molecule has 1 amide bonds. The third kappa shape index (κ3) is 3.27. The second-order valence-electron chi connectivity index (χ2n) is 6.49.